The van der Waals surface area contributed by atoms with E-state index in [1.54, 1.807) is 6.92 Å². The first-order valence-corrected chi connectivity index (χ1v) is 4.40. The molecule has 5 heteroatoms. The van der Waals surface area contributed by atoms with Gasteiger partial charge >= 0.3 is 5.97 Å². The Labute approximate surface area is 82.1 Å². The lowest BCUT2D eigenvalue weighted by atomic mass is 10.4. The van der Waals surface area contributed by atoms with Gasteiger partial charge < -0.3 is 9.47 Å². The fourth-order valence-corrected chi connectivity index (χ4v) is 0.907. The highest BCUT2D eigenvalue weighted by Crippen LogP contribution is 2.12. The maximum Gasteiger partial charge on any atom is 0.362 e. The van der Waals surface area contributed by atoms with E-state index in [1.807, 2.05) is 6.92 Å². The number of carbonyl (C=O) groups excluding carboxylic acids is 1. The molecule has 0 spiro atoms. The highest BCUT2D eigenvalue weighted by Gasteiger charge is 2.15. The van der Waals surface area contributed by atoms with Gasteiger partial charge in [-0.25, -0.2) is 14.8 Å². The van der Waals surface area contributed by atoms with Crippen molar-refractivity contribution in [2.24, 2.45) is 0 Å². The Kier molecular flexibility index (Phi) is 3.84. The Morgan fingerprint density at radius 2 is 2.00 bits per heavy atom. The lowest BCUT2D eigenvalue weighted by Crippen LogP contribution is -2.10. The van der Waals surface area contributed by atoms with E-state index in [9.17, 15) is 4.79 Å². The number of hydrogen-bond donors (Lipinski definition) is 0. The molecule has 1 aromatic rings. The number of esters is 1. The van der Waals surface area contributed by atoms with E-state index in [0.29, 0.717) is 13.2 Å². The van der Waals surface area contributed by atoms with Gasteiger partial charge in [-0.05, 0) is 13.8 Å². The van der Waals surface area contributed by atoms with E-state index >= 15 is 0 Å². The molecule has 0 aliphatic carbocycles. The summed E-state index contributed by atoms with van der Waals surface area (Å²) in [6, 6.07) is 0. The molecule has 0 saturated carbocycles. The van der Waals surface area contributed by atoms with Crippen molar-refractivity contribution in [1.82, 2.24) is 9.97 Å². The highest BCUT2D eigenvalue weighted by molar-refractivity contribution is 5.89. The lowest BCUT2D eigenvalue weighted by Gasteiger charge is -2.05. The number of rotatable bonds is 4. The fraction of sp³-hybridized carbons (Fsp3) is 0.444. The van der Waals surface area contributed by atoms with Gasteiger partial charge in [0.1, 0.15) is 0 Å². The quantitative estimate of drug-likeness (QED) is 0.673. The zero-order chi connectivity index (χ0) is 10.4. The first-order chi connectivity index (χ1) is 6.79. The molecule has 0 aromatic carbocycles. The molecule has 1 rings (SSSR count). The molecule has 0 saturated heterocycles. The Balaban J connectivity index is 2.88. The summed E-state index contributed by atoms with van der Waals surface area (Å²) >= 11 is 0. The minimum absolute atomic E-state index is 0.121. The van der Waals surface area contributed by atoms with Crippen molar-refractivity contribution in [1.29, 1.82) is 0 Å². The summed E-state index contributed by atoms with van der Waals surface area (Å²) in [5.41, 5.74) is 0.121. The van der Waals surface area contributed by atoms with Crippen LogP contribution in [0.5, 0.6) is 5.88 Å². The second-order valence-electron chi connectivity index (χ2n) is 2.36. The van der Waals surface area contributed by atoms with Crippen LogP contribution in [-0.2, 0) is 4.74 Å². The molecular formula is C9H12N2O3. The van der Waals surface area contributed by atoms with E-state index < -0.39 is 5.97 Å². The summed E-state index contributed by atoms with van der Waals surface area (Å²) in [5.74, 6) is -0.294. The minimum Gasteiger partial charge on any atom is -0.476 e. The number of nitrogens with zero attached hydrogens (tertiary/aromatic N) is 2. The number of aromatic nitrogens is 2. The van der Waals surface area contributed by atoms with Gasteiger partial charge in [0.25, 0.3) is 0 Å². The monoisotopic (exact) mass is 196 g/mol. The van der Waals surface area contributed by atoms with Crippen molar-refractivity contribution in [3.05, 3.63) is 18.1 Å². The second-order valence-corrected chi connectivity index (χ2v) is 2.36. The van der Waals surface area contributed by atoms with Gasteiger partial charge in [-0.2, -0.15) is 0 Å². The van der Waals surface area contributed by atoms with Crippen molar-refractivity contribution >= 4 is 5.97 Å². The van der Waals surface area contributed by atoms with Crippen molar-refractivity contribution in [2.45, 2.75) is 13.8 Å². The molecule has 5 nitrogen and oxygen atoms in total. The molecule has 76 valence electrons. The van der Waals surface area contributed by atoms with E-state index in [0.717, 1.165) is 0 Å². The topological polar surface area (TPSA) is 61.3 Å². The third kappa shape index (κ3) is 2.42. The van der Waals surface area contributed by atoms with Gasteiger partial charge in [-0.15, -0.1) is 0 Å². The van der Waals surface area contributed by atoms with Gasteiger partial charge in [0, 0.05) is 12.4 Å². The van der Waals surface area contributed by atoms with Crippen LogP contribution in [0.15, 0.2) is 12.4 Å². The van der Waals surface area contributed by atoms with E-state index in [-0.39, 0.29) is 11.6 Å². The van der Waals surface area contributed by atoms with Gasteiger partial charge in [0.2, 0.25) is 11.6 Å². The molecule has 1 aromatic heterocycles. The summed E-state index contributed by atoms with van der Waals surface area (Å²) in [5, 5.41) is 0. The maximum absolute atomic E-state index is 11.3. The van der Waals surface area contributed by atoms with E-state index in [4.69, 9.17) is 9.47 Å². The first kappa shape index (κ1) is 10.4. The zero-order valence-electron chi connectivity index (χ0n) is 8.19. The summed E-state index contributed by atoms with van der Waals surface area (Å²) in [6.07, 6.45) is 2.89. The van der Waals surface area contributed by atoms with Crippen LogP contribution in [0.3, 0.4) is 0 Å². The molecule has 0 bridgehead atoms. The standard InChI is InChI=1S/C9H12N2O3/c1-3-13-8-7(9(12)14-4-2)10-5-6-11-8/h5-6H,3-4H2,1-2H3. The van der Waals surface area contributed by atoms with E-state index in [2.05, 4.69) is 9.97 Å². The average molecular weight is 196 g/mol. The van der Waals surface area contributed by atoms with Gasteiger partial charge in [-0.1, -0.05) is 0 Å². The van der Waals surface area contributed by atoms with Crippen molar-refractivity contribution in [2.75, 3.05) is 13.2 Å². The summed E-state index contributed by atoms with van der Waals surface area (Å²) in [7, 11) is 0. The molecule has 0 N–H and O–H groups in total. The largest absolute Gasteiger partial charge is 0.476 e. The second kappa shape index (κ2) is 5.16. The molecule has 0 amide bonds. The van der Waals surface area contributed by atoms with Crippen LogP contribution in [0.4, 0.5) is 0 Å². The van der Waals surface area contributed by atoms with Crippen LogP contribution in [-0.4, -0.2) is 29.2 Å². The van der Waals surface area contributed by atoms with Crippen molar-refractivity contribution in [3.63, 3.8) is 0 Å². The van der Waals surface area contributed by atoms with Crippen molar-refractivity contribution in [3.8, 4) is 5.88 Å². The van der Waals surface area contributed by atoms with Crippen molar-refractivity contribution < 1.29 is 14.3 Å². The third-order valence-electron chi connectivity index (χ3n) is 1.41. The molecular weight excluding hydrogens is 184 g/mol. The van der Waals surface area contributed by atoms with Crippen LogP contribution in [0.1, 0.15) is 24.3 Å². The molecule has 0 unspecified atom stereocenters. The van der Waals surface area contributed by atoms with Crippen LogP contribution in [0, 0.1) is 0 Å². The van der Waals surface area contributed by atoms with Crippen LogP contribution in [0.25, 0.3) is 0 Å². The normalized spacial score (nSPS) is 9.57. The Bertz CT molecular complexity index is 315. The van der Waals surface area contributed by atoms with Crippen LogP contribution < -0.4 is 4.74 Å². The number of ether oxygens (including phenoxy) is 2. The highest BCUT2D eigenvalue weighted by atomic mass is 16.5. The van der Waals surface area contributed by atoms with Gasteiger partial charge in [0.05, 0.1) is 13.2 Å². The molecule has 0 aliphatic heterocycles. The van der Waals surface area contributed by atoms with E-state index in [1.165, 1.54) is 12.4 Å². The number of hydrogen-bond acceptors (Lipinski definition) is 5. The first-order valence-electron chi connectivity index (χ1n) is 4.40. The predicted octanol–water partition coefficient (Wildman–Crippen LogP) is 1.05. The Morgan fingerprint density at radius 1 is 1.29 bits per heavy atom. The molecule has 0 radical (unpaired) electrons. The van der Waals surface area contributed by atoms with Crippen LogP contribution in [0.2, 0.25) is 0 Å². The smallest absolute Gasteiger partial charge is 0.362 e. The third-order valence-corrected chi connectivity index (χ3v) is 1.41. The Morgan fingerprint density at radius 3 is 2.64 bits per heavy atom. The van der Waals surface area contributed by atoms with Gasteiger partial charge in [0.15, 0.2) is 0 Å². The SMILES string of the molecule is CCOC(=O)c1nccnc1OCC. The fourth-order valence-electron chi connectivity index (χ4n) is 0.907. The summed E-state index contributed by atoms with van der Waals surface area (Å²) in [6.45, 7) is 4.28. The molecule has 0 atom stereocenters. The molecule has 0 fully saturated rings. The lowest BCUT2D eigenvalue weighted by molar-refractivity contribution is 0.0513. The summed E-state index contributed by atoms with van der Waals surface area (Å²) < 4.78 is 9.92. The molecule has 14 heavy (non-hydrogen) atoms. The summed E-state index contributed by atoms with van der Waals surface area (Å²) in [4.78, 5) is 19.1. The average Bonchev–Trinajstić information content (AvgIpc) is 2.19. The predicted molar refractivity (Wildman–Crippen MR) is 49.2 cm³/mol. The van der Waals surface area contributed by atoms with Crippen LogP contribution >= 0.6 is 0 Å². The minimum atomic E-state index is -0.510. The zero-order valence-corrected chi connectivity index (χ0v) is 8.19. The maximum atomic E-state index is 11.3. The molecule has 1 heterocycles. The Hall–Kier alpha value is -1.65. The number of carbonyl (C=O) groups is 1. The molecule has 0 aliphatic rings. The van der Waals surface area contributed by atoms with Gasteiger partial charge in [-0.3, -0.25) is 0 Å².